The second-order valence-corrected chi connectivity index (χ2v) is 7.00. The number of aryl methyl sites for hydroxylation is 1. The van der Waals surface area contributed by atoms with Crippen molar-refractivity contribution in [3.8, 4) is 0 Å². The van der Waals surface area contributed by atoms with Crippen LogP contribution in [0.1, 0.15) is 54.0 Å². The first kappa shape index (κ1) is 17.5. The predicted octanol–water partition coefficient (Wildman–Crippen LogP) is 4.89. The fourth-order valence-electron chi connectivity index (χ4n) is 4.37. The van der Waals surface area contributed by atoms with E-state index in [1.165, 1.54) is 35.1 Å². The summed E-state index contributed by atoms with van der Waals surface area (Å²) in [4.78, 5) is 0. The van der Waals surface area contributed by atoms with Gasteiger partial charge in [0.25, 0.3) is 0 Å². The summed E-state index contributed by atoms with van der Waals surface area (Å²) in [7, 11) is 2.07. The van der Waals surface area contributed by atoms with E-state index in [-0.39, 0.29) is 24.1 Å². The van der Waals surface area contributed by atoms with Gasteiger partial charge in [0.2, 0.25) is 0 Å². The molecule has 24 heavy (non-hydrogen) atoms. The van der Waals surface area contributed by atoms with Crippen molar-refractivity contribution < 1.29 is 4.74 Å². The number of ether oxygens (including phenoxy) is 1. The molecule has 2 aromatic rings. The van der Waals surface area contributed by atoms with Gasteiger partial charge in [-0.05, 0) is 61.9 Å². The summed E-state index contributed by atoms with van der Waals surface area (Å²) in [5, 5.41) is 3.43. The molecule has 1 spiro atoms. The molecular weight excluding hydrogens is 318 g/mol. The van der Waals surface area contributed by atoms with Crippen molar-refractivity contribution in [2.45, 2.75) is 50.4 Å². The van der Waals surface area contributed by atoms with Crippen LogP contribution in [-0.2, 0) is 10.3 Å². The molecule has 1 aliphatic heterocycles. The highest BCUT2D eigenvalue weighted by molar-refractivity contribution is 5.85. The van der Waals surface area contributed by atoms with Crippen LogP contribution in [0.2, 0.25) is 0 Å². The van der Waals surface area contributed by atoms with Crippen molar-refractivity contribution in [2.24, 2.45) is 0 Å². The van der Waals surface area contributed by atoms with Gasteiger partial charge in [-0.1, -0.05) is 48.5 Å². The van der Waals surface area contributed by atoms with Gasteiger partial charge in [0.1, 0.15) is 6.10 Å². The number of rotatable bonds is 2. The molecule has 2 aromatic carbocycles. The van der Waals surface area contributed by atoms with Gasteiger partial charge < -0.3 is 10.1 Å². The zero-order chi connectivity index (χ0) is 15.9. The van der Waals surface area contributed by atoms with Crippen molar-refractivity contribution >= 4 is 12.4 Å². The summed E-state index contributed by atoms with van der Waals surface area (Å²) in [5.74, 6) is 0. The van der Waals surface area contributed by atoms with Gasteiger partial charge in [0.15, 0.2) is 0 Å². The molecule has 1 fully saturated rings. The second-order valence-electron chi connectivity index (χ2n) is 7.00. The number of halogens is 1. The van der Waals surface area contributed by atoms with E-state index >= 15 is 0 Å². The largest absolute Gasteiger partial charge is 0.358 e. The molecule has 2 nitrogen and oxygen atoms in total. The molecule has 1 heterocycles. The van der Waals surface area contributed by atoms with E-state index in [9.17, 15) is 0 Å². The quantitative estimate of drug-likeness (QED) is 0.837. The lowest BCUT2D eigenvalue weighted by Gasteiger charge is -2.38. The van der Waals surface area contributed by atoms with Crippen molar-refractivity contribution in [2.75, 3.05) is 7.05 Å². The number of fused-ring (bicyclic) bond motifs is 2. The van der Waals surface area contributed by atoms with Crippen molar-refractivity contribution in [1.29, 1.82) is 0 Å². The summed E-state index contributed by atoms with van der Waals surface area (Å²) in [6.45, 7) is 2.18. The van der Waals surface area contributed by atoms with E-state index < -0.39 is 0 Å². The first-order chi connectivity index (χ1) is 11.2. The van der Waals surface area contributed by atoms with Gasteiger partial charge in [0, 0.05) is 6.04 Å². The molecule has 4 rings (SSSR count). The monoisotopic (exact) mass is 343 g/mol. The van der Waals surface area contributed by atoms with Crippen molar-refractivity contribution in [3.05, 3.63) is 70.8 Å². The fourth-order valence-corrected chi connectivity index (χ4v) is 4.37. The predicted molar refractivity (Wildman–Crippen MR) is 101 cm³/mol. The van der Waals surface area contributed by atoms with Crippen LogP contribution >= 0.6 is 12.4 Å². The van der Waals surface area contributed by atoms with E-state index in [4.69, 9.17) is 4.74 Å². The Balaban J connectivity index is 0.00000169. The Hall–Kier alpha value is -1.35. The maximum Gasteiger partial charge on any atom is 0.109 e. The summed E-state index contributed by atoms with van der Waals surface area (Å²) in [5.41, 5.74) is 5.32. The Morgan fingerprint density at radius 1 is 0.958 bits per heavy atom. The SMILES string of the molecule is CNC1CCC2(CC1)O[C@H](c1ccccc1C)c1ccccc12.Cl. The number of benzene rings is 2. The minimum absolute atomic E-state index is 0. The second kappa shape index (κ2) is 6.87. The van der Waals surface area contributed by atoms with Gasteiger partial charge in [-0.3, -0.25) is 0 Å². The van der Waals surface area contributed by atoms with Gasteiger partial charge >= 0.3 is 0 Å². The van der Waals surface area contributed by atoms with E-state index in [1.54, 1.807) is 0 Å². The third kappa shape index (κ3) is 2.77. The lowest BCUT2D eigenvalue weighted by molar-refractivity contribution is -0.0880. The Morgan fingerprint density at radius 3 is 2.25 bits per heavy atom. The number of hydrogen-bond donors (Lipinski definition) is 1. The van der Waals surface area contributed by atoms with E-state index in [0.717, 1.165) is 12.8 Å². The van der Waals surface area contributed by atoms with Crippen LogP contribution in [-0.4, -0.2) is 13.1 Å². The normalized spacial score (nSPS) is 28.4. The van der Waals surface area contributed by atoms with Gasteiger partial charge in [0.05, 0.1) is 5.60 Å². The third-order valence-corrected chi connectivity index (χ3v) is 5.75. The maximum absolute atomic E-state index is 6.79. The molecule has 0 bridgehead atoms. The smallest absolute Gasteiger partial charge is 0.109 e. The van der Waals surface area contributed by atoms with E-state index in [2.05, 4.69) is 67.8 Å². The van der Waals surface area contributed by atoms with Gasteiger partial charge in [-0.2, -0.15) is 0 Å². The Bertz CT molecular complexity index is 706. The lowest BCUT2D eigenvalue weighted by atomic mass is 9.77. The lowest BCUT2D eigenvalue weighted by Crippen LogP contribution is -2.38. The molecular formula is C21H26ClNO. The number of hydrogen-bond acceptors (Lipinski definition) is 2. The molecule has 3 heteroatoms. The van der Waals surface area contributed by atoms with Crippen LogP contribution in [0.4, 0.5) is 0 Å². The van der Waals surface area contributed by atoms with E-state index in [1.807, 2.05) is 0 Å². The highest BCUT2D eigenvalue weighted by Crippen LogP contribution is 2.53. The molecule has 128 valence electrons. The molecule has 0 unspecified atom stereocenters. The van der Waals surface area contributed by atoms with Crippen LogP contribution < -0.4 is 5.32 Å². The summed E-state index contributed by atoms with van der Waals surface area (Å²) in [6.07, 6.45) is 4.67. The molecule has 0 saturated heterocycles. The fraction of sp³-hybridized carbons (Fsp3) is 0.429. The number of nitrogens with one attached hydrogen (secondary N) is 1. The zero-order valence-electron chi connectivity index (χ0n) is 14.4. The molecule has 0 aromatic heterocycles. The Morgan fingerprint density at radius 2 is 1.58 bits per heavy atom. The first-order valence-corrected chi connectivity index (χ1v) is 8.73. The van der Waals surface area contributed by atoms with Gasteiger partial charge in [-0.15, -0.1) is 12.4 Å². The van der Waals surface area contributed by atoms with Crippen LogP contribution in [0.3, 0.4) is 0 Å². The highest BCUT2D eigenvalue weighted by Gasteiger charge is 2.47. The maximum atomic E-state index is 6.79. The molecule has 1 atom stereocenters. The molecule has 1 aliphatic carbocycles. The average molecular weight is 344 g/mol. The Labute approximate surface area is 151 Å². The summed E-state index contributed by atoms with van der Waals surface area (Å²) < 4.78 is 6.79. The van der Waals surface area contributed by atoms with Crippen LogP contribution in [0, 0.1) is 6.92 Å². The molecule has 0 radical (unpaired) electrons. The van der Waals surface area contributed by atoms with Crippen LogP contribution in [0.5, 0.6) is 0 Å². The standard InChI is InChI=1S/C21H25NO.ClH/c1-15-7-3-4-8-17(15)20-18-9-5-6-10-19(18)21(23-20)13-11-16(22-2)12-14-21;/h3-10,16,20,22H,11-14H2,1-2H3;1H/t16?,20-,21?;/m1./s1. The first-order valence-electron chi connectivity index (χ1n) is 8.73. The van der Waals surface area contributed by atoms with Crippen LogP contribution in [0.25, 0.3) is 0 Å². The summed E-state index contributed by atoms with van der Waals surface area (Å²) >= 11 is 0. The summed E-state index contributed by atoms with van der Waals surface area (Å²) in [6, 6.07) is 18.1. The Kier molecular flexibility index (Phi) is 5.00. The third-order valence-electron chi connectivity index (χ3n) is 5.75. The van der Waals surface area contributed by atoms with Crippen molar-refractivity contribution in [1.82, 2.24) is 5.32 Å². The molecule has 1 N–H and O–H groups in total. The molecule has 1 saturated carbocycles. The average Bonchev–Trinajstić information content (AvgIpc) is 2.91. The van der Waals surface area contributed by atoms with Gasteiger partial charge in [-0.25, -0.2) is 0 Å². The highest BCUT2D eigenvalue weighted by atomic mass is 35.5. The topological polar surface area (TPSA) is 21.3 Å². The van der Waals surface area contributed by atoms with E-state index in [0.29, 0.717) is 6.04 Å². The van der Waals surface area contributed by atoms with Crippen molar-refractivity contribution in [3.63, 3.8) is 0 Å². The minimum atomic E-state index is -0.0864. The molecule has 0 amide bonds. The minimum Gasteiger partial charge on any atom is -0.358 e. The zero-order valence-corrected chi connectivity index (χ0v) is 15.2. The molecule has 2 aliphatic rings. The van der Waals surface area contributed by atoms with Crippen LogP contribution in [0.15, 0.2) is 48.5 Å².